The Hall–Kier alpha value is -1.08. The molecule has 0 radical (unpaired) electrons. The van der Waals surface area contributed by atoms with Crippen LogP contribution in [0.5, 0.6) is 0 Å². The molecular weight excluding hydrogens is 357 g/mol. The van der Waals surface area contributed by atoms with Gasteiger partial charge in [0.05, 0.1) is 5.69 Å². The van der Waals surface area contributed by atoms with Crippen molar-refractivity contribution in [3.8, 4) is 10.8 Å². The van der Waals surface area contributed by atoms with Gasteiger partial charge in [-0.1, -0.05) is 0 Å². The zero-order chi connectivity index (χ0) is 14.8. The van der Waals surface area contributed by atoms with E-state index in [1.54, 1.807) is 0 Å². The number of aromatic nitrogens is 1. The van der Waals surface area contributed by atoms with Gasteiger partial charge in [0.25, 0.3) is 5.91 Å². The fourth-order valence-corrected chi connectivity index (χ4v) is 3.42. The van der Waals surface area contributed by atoms with Crippen LogP contribution in [0.1, 0.15) is 34.0 Å². The molecule has 3 heterocycles. The van der Waals surface area contributed by atoms with Crippen molar-refractivity contribution in [3.63, 3.8) is 0 Å². The summed E-state index contributed by atoms with van der Waals surface area (Å²) in [5.74, 6) is 1.53. The second kappa shape index (κ2) is 8.68. The Morgan fingerprint density at radius 1 is 1.39 bits per heavy atom. The quantitative estimate of drug-likeness (QED) is 0.860. The molecule has 2 aromatic heterocycles. The van der Waals surface area contributed by atoms with Gasteiger partial charge in [-0.25, -0.2) is 4.98 Å². The predicted octanol–water partition coefficient (Wildman–Crippen LogP) is 3.35. The molecule has 0 aliphatic carbocycles. The standard InChI is InChI=1S/C15H19N3O2S.2ClH/c1-9-5-6-12(20-9)15-17-10(2)13(21-15)14(19)18-11-4-3-7-16-8-11;;/h5-6,11,16H,3-4,7-8H2,1-2H3,(H,18,19);2*1H/t11-;;/m0../s1. The van der Waals surface area contributed by atoms with E-state index in [0.717, 1.165) is 48.2 Å². The van der Waals surface area contributed by atoms with Crippen LogP contribution >= 0.6 is 36.2 Å². The Bertz CT molecular complexity index is 651. The van der Waals surface area contributed by atoms with Crippen molar-refractivity contribution >= 4 is 42.1 Å². The number of amides is 1. The van der Waals surface area contributed by atoms with Gasteiger partial charge in [0.1, 0.15) is 10.6 Å². The summed E-state index contributed by atoms with van der Waals surface area (Å²) in [5, 5.41) is 7.14. The smallest absolute Gasteiger partial charge is 0.263 e. The lowest BCUT2D eigenvalue weighted by Gasteiger charge is -2.23. The summed E-state index contributed by atoms with van der Waals surface area (Å²) in [6, 6.07) is 4.00. The third-order valence-corrected chi connectivity index (χ3v) is 4.76. The molecule has 2 N–H and O–H groups in total. The highest BCUT2D eigenvalue weighted by Gasteiger charge is 2.21. The van der Waals surface area contributed by atoms with E-state index in [2.05, 4.69) is 15.6 Å². The Balaban J connectivity index is 0.00000132. The normalized spacial score (nSPS) is 17.0. The number of carbonyl (C=O) groups is 1. The van der Waals surface area contributed by atoms with Crippen LogP contribution in [-0.4, -0.2) is 30.0 Å². The fraction of sp³-hybridized carbons (Fsp3) is 0.467. The molecule has 1 atom stereocenters. The first-order valence-corrected chi connectivity index (χ1v) is 8.01. The number of hydrogen-bond donors (Lipinski definition) is 2. The third-order valence-electron chi connectivity index (χ3n) is 3.59. The van der Waals surface area contributed by atoms with E-state index >= 15 is 0 Å². The molecule has 1 fully saturated rings. The highest BCUT2D eigenvalue weighted by atomic mass is 35.5. The van der Waals surface area contributed by atoms with Gasteiger partial charge in [-0.15, -0.1) is 36.2 Å². The highest BCUT2D eigenvalue weighted by molar-refractivity contribution is 7.17. The van der Waals surface area contributed by atoms with Crippen molar-refractivity contribution in [2.45, 2.75) is 32.7 Å². The molecule has 0 aromatic carbocycles. The van der Waals surface area contributed by atoms with Gasteiger partial charge in [-0.3, -0.25) is 4.79 Å². The number of piperidine rings is 1. The van der Waals surface area contributed by atoms with Gasteiger partial charge < -0.3 is 15.1 Å². The number of nitrogens with one attached hydrogen (secondary N) is 2. The van der Waals surface area contributed by atoms with Crippen LogP contribution in [0.15, 0.2) is 16.5 Å². The number of thiazole rings is 1. The number of hydrogen-bond acceptors (Lipinski definition) is 5. The van der Waals surface area contributed by atoms with Crippen LogP contribution in [0, 0.1) is 13.8 Å². The lowest BCUT2D eigenvalue weighted by atomic mass is 10.1. The van der Waals surface area contributed by atoms with E-state index in [1.807, 2.05) is 26.0 Å². The summed E-state index contributed by atoms with van der Waals surface area (Å²) >= 11 is 1.39. The molecule has 0 unspecified atom stereocenters. The summed E-state index contributed by atoms with van der Waals surface area (Å²) < 4.78 is 5.57. The minimum absolute atomic E-state index is 0. The summed E-state index contributed by atoms with van der Waals surface area (Å²) in [4.78, 5) is 17.5. The van der Waals surface area contributed by atoms with E-state index in [-0.39, 0.29) is 36.8 Å². The van der Waals surface area contributed by atoms with Gasteiger partial charge in [0, 0.05) is 12.6 Å². The lowest BCUT2D eigenvalue weighted by molar-refractivity contribution is 0.0934. The molecule has 23 heavy (non-hydrogen) atoms. The first-order chi connectivity index (χ1) is 10.1. The first-order valence-electron chi connectivity index (χ1n) is 7.19. The summed E-state index contributed by atoms with van der Waals surface area (Å²) in [5.41, 5.74) is 0.755. The average molecular weight is 378 g/mol. The number of nitrogens with zero attached hydrogens (tertiary/aromatic N) is 1. The maximum atomic E-state index is 12.4. The van der Waals surface area contributed by atoms with Crippen LogP contribution in [0.3, 0.4) is 0 Å². The van der Waals surface area contributed by atoms with Crippen molar-refractivity contribution in [2.24, 2.45) is 0 Å². The van der Waals surface area contributed by atoms with Crippen molar-refractivity contribution in [1.82, 2.24) is 15.6 Å². The Morgan fingerprint density at radius 2 is 2.17 bits per heavy atom. The van der Waals surface area contributed by atoms with Gasteiger partial charge in [0.15, 0.2) is 10.8 Å². The van der Waals surface area contributed by atoms with Gasteiger partial charge in [-0.2, -0.15) is 0 Å². The van der Waals surface area contributed by atoms with E-state index in [4.69, 9.17) is 4.42 Å². The Labute approximate surface area is 152 Å². The molecule has 128 valence electrons. The SMILES string of the molecule is Cc1ccc(-c2nc(C)c(C(=O)N[C@H]3CCCNC3)s2)o1.Cl.Cl. The maximum absolute atomic E-state index is 12.4. The first kappa shape index (κ1) is 20.0. The second-order valence-electron chi connectivity index (χ2n) is 5.36. The van der Waals surface area contributed by atoms with Crippen molar-refractivity contribution in [3.05, 3.63) is 28.5 Å². The number of carbonyl (C=O) groups excluding carboxylic acids is 1. The molecule has 1 amide bonds. The summed E-state index contributed by atoms with van der Waals surface area (Å²) in [6.07, 6.45) is 2.13. The highest BCUT2D eigenvalue weighted by Crippen LogP contribution is 2.29. The zero-order valence-electron chi connectivity index (χ0n) is 13.0. The third kappa shape index (κ3) is 4.70. The van der Waals surface area contributed by atoms with Crippen LogP contribution in [-0.2, 0) is 0 Å². The molecule has 0 bridgehead atoms. The number of aryl methyl sites for hydroxylation is 2. The van der Waals surface area contributed by atoms with E-state index in [0.29, 0.717) is 4.88 Å². The molecule has 0 saturated carbocycles. The van der Waals surface area contributed by atoms with Gasteiger partial charge >= 0.3 is 0 Å². The van der Waals surface area contributed by atoms with E-state index in [1.165, 1.54) is 11.3 Å². The summed E-state index contributed by atoms with van der Waals surface area (Å²) in [7, 11) is 0. The predicted molar refractivity (Wildman–Crippen MR) is 97.1 cm³/mol. The van der Waals surface area contributed by atoms with Crippen molar-refractivity contribution in [2.75, 3.05) is 13.1 Å². The van der Waals surface area contributed by atoms with Crippen LogP contribution < -0.4 is 10.6 Å². The zero-order valence-corrected chi connectivity index (χ0v) is 15.5. The molecule has 2 aromatic rings. The van der Waals surface area contributed by atoms with E-state index < -0.39 is 0 Å². The monoisotopic (exact) mass is 377 g/mol. The largest absolute Gasteiger partial charge is 0.459 e. The van der Waals surface area contributed by atoms with Gasteiger partial charge in [-0.05, 0) is 45.4 Å². The Kier molecular flexibility index (Phi) is 7.54. The molecular formula is C15H21Cl2N3O2S. The van der Waals surface area contributed by atoms with Crippen LogP contribution in [0.25, 0.3) is 10.8 Å². The fourth-order valence-electron chi connectivity index (χ4n) is 2.49. The molecule has 5 nitrogen and oxygen atoms in total. The van der Waals surface area contributed by atoms with Crippen molar-refractivity contribution < 1.29 is 9.21 Å². The average Bonchev–Trinajstić information content (AvgIpc) is 3.06. The Morgan fingerprint density at radius 3 is 2.78 bits per heavy atom. The maximum Gasteiger partial charge on any atom is 0.263 e. The summed E-state index contributed by atoms with van der Waals surface area (Å²) in [6.45, 7) is 5.64. The number of halogens is 2. The number of rotatable bonds is 3. The molecule has 3 rings (SSSR count). The lowest BCUT2D eigenvalue weighted by Crippen LogP contribution is -2.45. The molecule has 8 heteroatoms. The molecule has 1 saturated heterocycles. The van der Waals surface area contributed by atoms with Crippen molar-refractivity contribution in [1.29, 1.82) is 0 Å². The van der Waals surface area contributed by atoms with Gasteiger partial charge in [0.2, 0.25) is 0 Å². The molecule has 0 spiro atoms. The van der Waals surface area contributed by atoms with Crippen LogP contribution in [0.4, 0.5) is 0 Å². The minimum atomic E-state index is -0.0340. The topological polar surface area (TPSA) is 67.2 Å². The molecule has 1 aliphatic rings. The van der Waals surface area contributed by atoms with E-state index in [9.17, 15) is 4.79 Å². The number of furan rings is 1. The molecule has 1 aliphatic heterocycles. The second-order valence-corrected chi connectivity index (χ2v) is 6.36. The minimum Gasteiger partial charge on any atom is -0.459 e. The van der Waals surface area contributed by atoms with Crippen LogP contribution in [0.2, 0.25) is 0 Å².